The van der Waals surface area contributed by atoms with Crippen molar-refractivity contribution < 1.29 is 14.0 Å². The van der Waals surface area contributed by atoms with Gasteiger partial charge in [-0.1, -0.05) is 36.0 Å². The first-order valence-electron chi connectivity index (χ1n) is 8.31. The lowest BCUT2D eigenvalue weighted by Gasteiger charge is -2.29. The van der Waals surface area contributed by atoms with E-state index in [9.17, 15) is 14.0 Å². The predicted octanol–water partition coefficient (Wildman–Crippen LogP) is 3.18. The molecule has 0 saturated heterocycles. The number of fused-ring (bicyclic) bond motifs is 3. The molecule has 0 fully saturated rings. The molecule has 2 aromatic carbocycles. The zero-order valence-corrected chi connectivity index (χ0v) is 15.2. The largest absolute Gasteiger partial charge is 0.323 e. The SMILES string of the molecule is CC1C(=O)N=C2c3ccccc3N=C(SCC(=O)Nc3ccccc3F)N21. The number of amidine groups is 2. The van der Waals surface area contributed by atoms with Gasteiger partial charge < -0.3 is 5.32 Å². The molecular formula is C19H15FN4O2S. The minimum atomic E-state index is -0.493. The lowest BCUT2D eigenvalue weighted by molar-refractivity contribution is -0.119. The molecule has 1 atom stereocenters. The monoisotopic (exact) mass is 382 g/mol. The Kier molecular flexibility index (Phi) is 4.49. The van der Waals surface area contributed by atoms with Gasteiger partial charge in [-0.2, -0.15) is 4.99 Å². The number of anilines is 1. The second-order valence-electron chi connectivity index (χ2n) is 6.05. The predicted molar refractivity (Wildman–Crippen MR) is 104 cm³/mol. The third-order valence-corrected chi connectivity index (χ3v) is 5.19. The highest BCUT2D eigenvalue weighted by molar-refractivity contribution is 8.14. The lowest BCUT2D eigenvalue weighted by Crippen LogP contribution is -2.42. The summed E-state index contributed by atoms with van der Waals surface area (Å²) in [5.74, 6) is -0.516. The Hall–Kier alpha value is -3.00. The van der Waals surface area contributed by atoms with Gasteiger partial charge in [-0.25, -0.2) is 9.38 Å². The third-order valence-electron chi connectivity index (χ3n) is 4.24. The van der Waals surface area contributed by atoms with Crippen molar-refractivity contribution in [2.24, 2.45) is 9.98 Å². The highest BCUT2D eigenvalue weighted by Gasteiger charge is 2.39. The third kappa shape index (κ3) is 3.23. The number of para-hydroxylation sites is 2. The van der Waals surface area contributed by atoms with Crippen molar-refractivity contribution in [3.8, 4) is 0 Å². The summed E-state index contributed by atoms with van der Waals surface area (Å²) in [6, 6.07) is 12.9. The number of rotatable bonds is 3. The molecule has 8 heteroatoms. The summed E-state index contributed by atoms with van der Waals surface area (Å²) in [5.41, 5.74) is 1.62. The maximum Gasteiger partial charge on any atom is 0.270 e. The average Bonchev–Trinajstić information content (AvgIpc) is 2.97. The van der Waals surface area contributed by atoms with Crippen molar-refractivity contribution in [3.05, 3.63) is 59.9 Å². The van der Waals surface area contributed by atoms with E-state index in [0.717, 1.165) is 5.56 Å². The van der Waals surface area contributed by atoms with Gasteiger partial charge >= 0.3 is 0 Å². The van der Waals surface area contributed by atoms with Gasteiger partial charge in [0.1, 0.15) is 17.7 Å². The van der Waals surface area contributed by atoms with Crippen LogP contribution in [-0.2, 0) is 9.59 Å². The van der Waals surface area contributed by atoms with Gasteiger partial charge in [0, 0.05) is 5.56 Å². The molecule has 6 nitrogen and oxygen atoms in total. The number of nitrogens with one attached hydrogen (secondary N) is 1. The van der Waals surface area contributed by atoms with Crippen LogP contribution in [0.25, 0.3) is 0 Å². The Morgan fingerprint density at radius 3 is 2.74 bits per heavy atom. The number of thioether (sulfide) groups is 1. The first-order chi connectivity index (χ1) is 13.0. The average molecular weight is 382 g/mol. The number of amides is 2. The van der Waals surface area contributed by atoms with Crippen LogP contribution in [0.5, 0.6) is 0 Å². The van der Waals surface area contributed by atoms with E-state index < -0.39 is 11.9 Å². The molecule has 2 amide bonds. The van der Waals surface area contributed by atoms with Crippen molar-refractivity contribution >= 4 is 46.0 Å². The first-order valence-corrected chi connectivity index (χ1v) is 9.30. The van der Waals surface area contributed by atoms with E-state index >= 15 is 0 Å². The van der Waals surface area contributed by atoms with Crippen LogP contribution in [0.2, 0.25) is 0 Å². The molecule has 1 N–H and O–H groups in total. The molecule has 136 valence electrons. The van der Waals surface area contributed by atoms with Gasteiger partial charge in [-0.15, -0.1) is 0 Å². The fraction of sp³-hybridized carbons (Fsp3) is 0.158. The molecule has 2 heterocycles. The summed E-state index contributed by atoms with van der Waals surface area (Å²) in [5, 5.41) is 3.07. The standard InChI is InChI=1S/C19H15FN4O2S/c1-11-18(26)23-17-12-6-2-4-8-14(12)22-19(24(11)17)27-10-16(25)21-15-9-5-3-7-13(15)20/h2-9,11H,10H2,1H3,(H,21,25). The Morgan fingerprint density at radius 1 is 1.19 bits per heavy atom. The van der Waals surface area contributed by atoms with Gasteiger partial charge in [0.15, 0.2) is 5.17 Å². The lowest BCUT2D eigenvalue weighted by atomic mass is 10.1. The smallest absolute Gasteiger partial charge is 0.270 e. The summed E-state index contributed by atoms with van der Waals surface area (Å²) >= 11 is 1.18. The number of carbonyl (C=O) groups is 2. The van der Waals surface area contributed by atoms with Crippen molar-refractivity contribution in [3.63, 3.8) is 0 Å². The Morgan fingerprint density at radius 2 is 1.93 bits per heavy atom. The summed E-state index contributed by atoms with van der Waals surface area (Å²) in [6.45, 7) is 1.75. The summed E-state index contributed by atoms with van der Waals surface area (Å²) in [4.78, 5) is 34.8. The van der Waals surface area contributed by atoms with Gasteiger partial charge in [0.05, 0.1) is 17.1 Å². The zero-order chi connectivity index (χ0) is 19.0. The fourth-order valence-corrected chi connectivity index (χ4v) is 3.77. The molecule has 27 heavy (non-hydrogen) atoms. The van der Waals surface area contributed by atoms with E-state index in [2.05, 4.69) is 15.3 Å². The Bertz CT molecular complexity index is 1000. The maximum atomic E-state index is 13.7. The van der Waals surface area contributed by atoms with Gasteiger partial charge in [-0.3, -0.25) is 14.5 Å². The van der Waals surface area contributed by atoms with Crippen molar-refractivity contribution in [2.75, 3.05) is 11.1 Å². The van der Waals surface area contributed by atoms with Crippen molar-refractivity contribution in [2.45, 2.75) is 13.0 Å². The van der Waals surface area contributed by atoms with E-state index in [4.69, 9.17) is 0 Å². The molecule has 4 rings (SSSR count). The second-order valence-corrected chi connectivity index (χ2v) is 6.99. The molecular weight excluding hydrogens is 367 g/mol. The van der Waals surface area contributed by atoms with Crippen LogP contribution in [0.15, 0.2) is 58.5 Å². The molecule has 0 saturated carbocycles. The minimum absolute atomic E-state index is 0.0278. The van der Waals surface area contributed by atoms with E-state index in [-0.39, 0.29) is 23.3 Å². The summed E-state index contributed by atoms with van der Waals surface area (Å²) < 4.78 is 13.7. The molecule has 0 radical (unpaired) electrons. The summed E-state index contributed by atoms with van der Waals surface area (Å²) in [6.07, 6.45) is 0. The number of carbonyl (C=O) groups excluding carboxylic acids is 2. The number of halogens is 1. The molecule has 2 aromatic rings. The van der Waals surface area contributed by atoms with Crippen LogP contribution < -0.4 is 5.32 Å². The zero-order valence-electron chi connectivity index (χ0n) is 14.3. The van der Waals surface area contributed by atoms with Crippen LogP contribution in [0.4, 0.5) is 15.8 Å². The van der Waals surface area contributed by atoms with E-state index in [1.54, 1.807) is 24.0 Å². The van der Waals surface area contributed by atoms with Crippen LogP contribution in [0, 0.1) is 5.82 Å². The normalized spacial score (nSPS) is 17.8. The first kappa shape index (κ1) is 17.4. The van der Waals surface area contributed by atoms with Gasteiger partial charge in [0.25, 0.3) is 5.91 Å². The van der Waals surface area contributed by atoms with Crippen molar-refractivity contribution in [1.29, 1.82) is 0 Å². The number of hydrogen-bond donors (Lipinski definition) is 1. The van der Waals surface area contributed by atoms with Crippen LogP contribution >= 0.6 is 11.8 Å². The van der Waals surface area contributed by atoms with E-state index in [1.165, 1.54) is 23.9 Å². The highest BCUT2D eigenvalue weighted by Crippen LogP contribution is 2.33. The maximum absolute atomic E-state index is 13.7. The van der Waals surface area contributed by atoms with E-state index in [1.807, 2.05) is 24.3 Å². The molecule has 0 spiro atoms. The second kappa shape index (κ2) is 6.96. The summed E-state index contributed by atoms with van der Waals surface area (Å²) in [7, 11) is 0. The topological polar surface area (TPSA) is 74.1 Å². The highest BCUT2D eigenvalue weighted by atomic mass is 32.2. The Balaban J connectivity index is 1.54. The molecule has 0 bridgehead atoms. The van der Waals surface area contributed by atoms with Gasteiger partial charge in [-0.05, 0) is 31.2 Å². The number of aliphatic imine (C=N–C) groups is 2. The van der Waals surface area contributed by atoms with Crippen LogP contribution in [-0.4, -0.2) is 39.5 Å². The van der Waals surface area contributed by atoms with E-state index in [0.29, 0.717) is 16.7 Å². The molecule has 1 unspecified atom stereocenters. The fourth-order valence-electron chi connectivity index (χ4n) is 2.89. The molecule has 0 aliphatic carbocycles. The quantitative estimate of drug-likeness (QED) is 0.885. The van der Waals surface area contributed by atoms with Crippen LogP contribution in [0.1, 0.15) is 12.5 Å². The minimum Gasteiger partial charge on any atom is -0.323 e. The van der Waals surface area contributed by atoms with Gasteiger partial charge in [0.2, 0.25) is 5.91 Å². The number of benzene rings is 2. The molecule has 2 aliphatic heterocycles. The van der Waals surface area contributed by atoms with Crippen LogP contribution in [0.3, 0.4) is 0 Å². The molecule has 0 aromatic heterocycles. The Labute approximate surface area is 159 Å². The molecule has 2 aliphatic rings. The van der Waals surface area contributed by atoms with Crippen molar-refractivity contribution in [1.82, 2.24) is 4.90 Å². The number of nitrogens with zero attached hydrogens (tertiary/aromatic N) is 3. The number of hydrogen-bond acceptors (Lipinski definition) is 5.